The fraction of sp³-hybridized carbons (Fsp3) is 0.286. The summed E-state index contributed by atoms with van der Waals surface area (Å²) in [4.78, 5) is 38.5. The predicted octanol–water partition coefficient (Wildman–Crippen LogP) is 3.74. The van der Waals surface area contributed by atoms with Crippen LogP contribution in [0.5, 0.6) is 0 Å². The summed E-state index contributed by atoms with van der Waals surface area (Å²) in [5, 5.41) is 0.527. The van der Waals surface area contributed by atoms with E-state index in [1.54, 1.807) is 29.2 Å². The first kappa shape index (κ1) is 19.1. The normalized spacial score (nSPS) is 16.5. The topological polar surface area (TPSA) is 63.7 Å². The Morgan fingerprint density at radius 2 is 1.74 bits per heavy atom. The maximum Gasteiger partial charge on any atom is 0.311 e. The van der Waals surface area contributed by atoms with Gasteiger partial charge in [-0.3, -0.25) is 14.4 Å². The minimum absolute atomic E-state index is 0.0851. The number of carbonyl (C=O) groups is 3. The number of benzene rings is 2. The molecule has 1 saturated heterocycles. The van der Waals surface area contributed by atoms with Crippen LogP contribution in [-0.4, -0.2) is 30.8 Å². The highest BCUT2D eigenvalue weighted by Gasteiger charge is 2.37. The predicted molar refractivity (Wildman–Crippen MR) is 103 cm³/mol. The van der Waals surface area contributed by atoms with Crippen molar-refractivity contribution in [2.75, 3.05) is 18.1 Å². The van der Waals surface area contributed by atoms with E-state index in [1.807, 2.05) is 32.0 Å². The Labute approximate surface area is 162 Å². The Morgan fingerprint density at radius 3 is 2.37 bits per heavy atom. The molecule has 1 aliphatic heterocycles. The molecule has 140 valence electrons. The van der Waals surface area contributed by atoms with E-state index < -0.39 is 11.9 Å². The minimum Gasteiger partial charge on any atom is -0.457 e. The lowest BCUT2D eigenvalue weighted by Gasteiger charge is -2.21. The van der Waals surface area contributed by atoms with Gasteiger partial charge in [-0.1, -0.05) is 29.8 Å². The highest BCUT2D eigenvalue weighted by Crippen LogP contribution is 2.31. The van der Waals surface area contributed by atoms with Gasteiger partial charge in [0.05, 0.1) is 5.92 Å². The SMILES string of the molecule is Cc1cccc(C)c1N1C[C@H](C(=O)OCC(=O)c2ccc(Cl)cc2)CC1=O. The summed E-state index contributed by atoms with van der Waals surface area (Å²) in [7, 11) is 0. The van der Waals surface area contributed by atoms with Crippen molar-refractivity contribution in [3.05, 3.63) is 64.2 Å². The fourth-order valence-electron chi connectivity index (χ4n) is 3.29. The fourth-order valence-corrected chi connectivity index (χ4v) is 3.41. The van der Waals surface area contributed by atoms with Crippen LogP contribution >= 0.6 is 11.6 Å². The molecule has 0 radical (unpaired) electrons. The Kier molecular flexibility index (Phi) is 5.61. The second-order valence-corrected chi connectivity index (χ2v) is 7.12. The number of carbonyl (C=O) groups excluding carboxylic acids is 3. The molecule has 1 amide bonds. The molecule has 0 aromatic heterocycles. The summed E-state index contributed by atoms with van der Waals surface area (Å²) in [6, 6.07) is 12.2. The van der Waals surface area contributed by atoms with E-state index in [4.69, 9.17) is 16.3 Å². The molecule has 1 fully saturated rings. The molecule has 0 aliphatic carbocycles. The number of rotatable bonds is 5. The number of ketones is 1. The van der Waals surface area contributed by atoms with Crippen LogP contribution in [0.4, 0.5) is 5.69 Å². The van der Waals surface area contributed by atoms with Crippen molar-refractivity contribution in [1.29, 1.82) is 0 Å². The molecular formula is C21H20ClNO4. The van der Waals surface area contributed by atoms with E-state index in [2.05, 4.69) is 0 Å². The van der Waals surface area contributed by atoms with Crippen molar-refractivity contribution in [3.63, 3.8) is 0 Å². The first-order chi connectivity index (χ1) is 12.9. The standard InChI is InChI=1S/C21H20ClNO4/c1-13-4-3-5-14(2)20(13)23-11-16(10-19(23)25)21(26)27-12-18(24)15-6-8-17(22)9-7-15/h3-9,16H,10-12H2,1-2H3/t16-/m1/s1. The summed E-state index contributed by atoms with van der Waals surface area (Å²) in [6.07, 6.45) is 0.0851. The molecular weight excluding hydrogens is 366 g/mol. The van der Waals surface area contributed by atoms with Crippen LogP contribution in [0.15, 0.2) is 42.5 Å². The summed E-state index contributed by atoms with van der Waals surface area (Å²) in [5.74, 6) is -1.52. The maximum atomic E-state index is 12.4. The molecule has 2 aromatic rings. The average molecular weight is 386 g/mol. The molecule has 2 aromatic carbocycles. The molecule has 1 aliphatic rings. The van der Waals surface area contributed by atoms with Crippen LogP contribution in [0.1, 0.15) is 27.9 Å². The number of anilines is 1. The summed E-state index contributed by atoms with van der Waals surface area (Å²) in [6.45, 7) is 3.78. The zero-order valence-corrected chi connectivity index (χ0v) is 16.0. The lowest BCUT2D eigenvalue weighted by atomic mass is 10.1. The number of halogens is 1. The van der Waals surface area contributed by atoms with Crippen LogP contribution in [0.25, 0.3) is 0 Å². The number of aryl methyl sites for hydroxylation is 2. The van der Waals surface area contributed by atoms with Gasteiger partial charge in [0.1, 0.15) is 0 Å². The summed E-state index contributed by atoms with van der Waals surface area (Å²) >= 11 is 5.80. The largest absolute Gasteiger partial charge is 0.457 e. The van der Waals surface area contributed by atoms with Crippen LogP contribution in [0.2, 0.25) is 5.02 Å². The van der Waals surface area contributed by atoms with Crippen molar-refractivity contribution >= 4 is 34.9 Å². The van der Waals surface area contributed by atoms with Gasteiger partial charge >= 0.3 is 5.97 Å². The van der Waals surface area contributed by atoms with Gasteiger partial charge in [-0.2, -0.15) is 0 Å². The second-order valence-electron chi connectivity index (χ2n) is 6.68. The Morgan fingerprint density at radius 1 is 1.11 bits per heavy atom. The lowest BCUT2D eigenvalue weighted by molar-refractivity contribution is -0.147. The lowest BCUT2D eigenvalue weighted by Crippen LogP contribution is -2.28. The molecule has 5 nitrogen and oxygen atoms in total. The first-order valence-electron chi connectivity index (χ1n) is 8.69. The van der Waals surface area contributed by atoms with Gasteiger partial charge in [0.15, 0.2) is 12.4 Å². The average Bonchev–Trinajstić information content (AvgIpc) is 3.01. The van der Waals surface area contributed by atoms with Crippen molar-refractivity contribution < 1.29 is 19.1 Å². The monoisotopic (exact) mass is 385 g/mol. The zero-order valence-electron chi connectivity index (χ0n) is 15.2. The zero-order chi connectivity index (χ0) is 19.6. The van der Waals surface area contributed by atoms with Crippen LogP contribution < -0.4 is 4.90 Å². The summed E-state index contributed by atoms with van der Waals surface area (Å²) < 4.78 is 5.17. The van der Waals surface area contributed by atoms with Gasteiger partial charge in [0.25, 0.3) is 0 Å². The third-order valence-corrected chi connectivity index (χ3v) is 4.93. The molecule has 1 heterocycles. The molecule has 3 rings (SSSR count). The van der Waals surface area contributed by atoms with Gasteiger partial charge in [-0.25, -0.2) is 0 Å². The van der Waals surface area contributed by atoms with Crippen LogP contribution in [0.3, 0.4) is 0 Å². The van der Waals surface area contributed by atoms with Crippen LogP contribution in [0, 0.1) is 19.8 Å². The van der Waals surface area contributed by atoms with Gasteiger partial charge in [0.2, 0.25) is 5.91 Å². The number of ether oxygens (including phenoxy) is 1. The Hall–Kier alpha value is -2.66. The molecule has 0 saturated carbocycles. The molecule has 0 unspecified atom stereocenters. The highest BCUT2D eigenvalue weighted by molar-refractivity contribution is 6.30. The maximum absolute atomic E-state index is 12.4. The number of hydrogen-bond acceptors (Lipinski definition) is 4. The number of amides is 1. The number of hydrogen-bond donors (Lipinski definition) is 0. The van der Waals surface area contributed by atoms with E-state index in [9.17, 15) is 14.4 Å². The van der Waals surface area contributed by atoms with Gasteiger partial charge in [-0.05, 0) is 49.2 Å². The number of nitrogens with zero attached hydrogens (tertiary/aromatic N) is 1. The van der Waals surface area contributed by atoms with Gasteiger partial charge < -0.3 is 9.64 Å². The minimum atomic E-state index is -0.575. The first-order valence-corrected chi connectivity index (χ1v) is 9.06. The smallest absolute Gasteiger partial charge is 0.311 e. The molecule has 0 bridgehead atoms. The van der Waals surface area contributed by atoms with E-state index in [1.165, 1.54) is 0 Å². The third kappa shape index (κ3) is 4.19. The number of Topliss-reactive ketones (excluding diaryl/α,β-unsaturated/α-hetero) is 1. The third-order valence-electron chi connectivity index (χ3n) is 4.68. The van der Waals surface area contributed by atoms with E-state index in [0.717, 1.165) is 16.8 Å². The van der Waals surface area contributed by atoms with Crippen molar-refractivity contribution in [3.8, 4) is 0 Å². The van der Waals surface area contributed by atoms with Crippen LogP contribution in [-0.2, 0) is 14.3 Å². The molecule has 27 heavy (non-hydrogen) atoms. The molecule has 0 spiro atoms. The van der Waals surface area contributed by atoms with E-state index >= 15 is 0 Å². The van der Waals surface area contributed by atoms with Crippen molar-refractivity contribution in [1.82, 2.24) is 0 Å². The quantitative estimate of drug-likeness (QED) is 0.581. The molecule has 6 heteroatoms. The van der Waals surface area contributed by atoms with Gasteiger partial charge in [-0.15, -0.1) is 0 Å². The summed E-state index contributed by atoms with van der Waals surface area (Å²) in [5.41, 5.74) is 3.23. The second kappa shape index (κ2) is 7.92. The Bertz CT molecular complexity index is 871. The number of esters is 1. The molecule has 0 N–H and O–H groups in total. The van der Waals surface area contributed by atoms with Crippen molar-refractivity contribution in [2.24, 2.45) is 5.92 Å². The Balaban J connectivity index is 1.62. The van der Waals surface area contributed by atoms with Gasteiger partial charge in [0, 0.05) is 29.2 Å². The van der Waals surface area contributed by atoms with Crippen molar-refractivity contribution in [2.45, 2.75) is 20.3 Å². The molecule has 1 atom stereocenters. The highest BCUT2D eigenvalue weighted by atomic mass is 35.5. The van der Waals surface area contributed by atoms with E-state index in [0.29, 0.717) is 10.6 Å². The van der Waals surface area contributed by atoms with E-state index in [-0.39, 0.29) is 31.3 Å². The number of para-hydroxylation sites is 1.